The Labute approximate surface area is 247 Å². The molecule has 7 fully saturated rings. The van der Waals surface area contributed by atoms with Gasteiger partial charge in [0.1, 0.15) is 42.2 Å². The molecule has 4 N–H and O–H groups in total. The molecule has 5 unspecified atom stereocenters. The maximum atomic E-state index is 12.9. The van der Waals surface area contributed by atoms with Gasteiger partial charge < -0.3 is 44.1 Å². The van der Waals surface area contributed by atoms with Crippen molar-refractivity contribution in [3.8, 4) is 0 Å². The Balaban J connectivity index is 1.14. The van der Waals surface area contributed by atoms with Gasteiger partial charge in [-0.2, -0.15) is 8.42 Å². The molecule has 14 heteroatoms. The highest BCUT2D eigenvalue weighted by Crippen LogP contribution is 2.81. The molecule has 4 heterocycles. The number of hydrogen-bond acceptors (Lipinski definition) is 13. The molecule has 9 rings (SSSR count). The van der Waals surface area contributed by atoms with Gasteiger partial charge in [0.05, 0.1) is 22.5 Å². The van der Waals surface area contributed by atoms with Gasteiger partial charge in [0.25, 0.3) is 10.1 Å². The van der Waals surface area contributed by atoms with E-state index < -0.39 is 88.0 Å². The quantitative estimate of drug-likeness (QED) is 0.218. The van der Waals surface area contributed by atoms with E-state index in [4.69, 9.17) is 27.9 Å². The third-order valence-electron chi connectivity index (χ3n) is 9.81. The van der Waals surface area contributed by atoms with Gasteiger partial charge >= 0.3 is 5.97 Å². The second-order valence-corrected chi connectivity index (χ2v) is 13.7. The molecule has 0 radical (unpaired) electrons. The Morgan fingerprint density at radius 2 is 1.65 bits per heavy atom. The van der Waals surface area contributed by atoms with E-state index in [0.717, 1.165) is 0 Å². The van der Waals surface area contributed by atoms with Gasteiger partial charge in [-0.05, 0) is 37.6 Å². The number of hydrogen-bond donors (Lipinski definition) is 4. The monoisotopic (exact) mass is 620 g/mol. The second-order valence-electron chi connectivity index (χ2n) is 12.1. The molecule has 7 aliphatic rings. The molecule has 11 atom stereocenters. The number of carbonyl (C=O) groups is 1. The summed E-state index contributed by atoms with van der Waals surface area (Å²) >= 11 is 0. The SMILES string of the molecule is C[C@@]12C[C@@]3(O)OC(O1)[C@@]1(COC(=O)c4ccccc4)C3C[C@]12OC1OC(COS(=O)(=O)c2ccccc2)[C@@H](O)[C@H](O)C1O. The Hall–Kier alpha value is -2.50. The minimum Gasteiger partial charge on any atom is -0.461 e. The first kappa shape index (κ1) is 29.2. The van der Waals surface area contributed by atoms with Gasteiger partial charge in [-0.3, -0.25) is 4.18 Å². The van der Waals surface area contributed by atoms with Crippen LogP contribution in [0.1, 0.15) is 30.1 Å². The Bertz CT molecular complexity index is 1510. The normalized spacial score (nSPS) is 44.3. The van der Waals surface area contributed by atoms with Crippen LogP contribution >= 0.6 is 0 Å². The van der Waals surface area contributed by atoms with Gasteiger partial charge in [-0.15, -0.1) is 0 Å². The lowest BCUT2D eigenvalue weighted by molar-refractivity contribution is -0.424. The van der Waals surface area contributed by atoms with E-state index in [1.165, 1.54) is 24.3 Å². The molecule has 6 bridgehead atoms. The lowest BCUT2D eigenvalue weighted by Gasteiger charge is -2.67. The Kier molecular flexibility index (Phi) is 6.63. The Morgan fingerprint density at radius 3 is 2.35 bits per heavy atom. The van der Waals surface area contributed by atoms with Crippen LogP contribution in [-0.4, -0.2) is 102 Å². The number of rotatable bonds is 9. The van der Waals surface area contributed by atoms with Crippen molar-refractivity contribution in [2.75, 3.05) is 13.2 Å². The summed E-state index contributed by atoms with van der Waals surface area (Å²) in [5.74, 6) is -2.70. The number of carbonyl (C=O) groups excluding carboxylic acids is 1. The topological polar surface area (TPSA) is 188 Å². The average molecular weight is 621 g/mol. The first-order valence-corrected chi connectivity index (χ1v) is 15.4. The largest absolute Gasteiger partial charge is 0.461 e. The van der Waals surface area contributed by atoms with Crippen molar-refractivity contribution in [2.45, 2.75) is 78.6 Å². The van der Waals surface area contributed by atoms with Crippen LogP contribution in [0, 0.1) is 11.3 Å². The molecule has 43 heavy (non-hydrogen) atoms. The molecule has 2 aromatic carbocycles. The van der Waals surface area contributed by atoms with E-state index in [0.29, 0.717) is 5.56 Å². The van der Waals surface area contributed by atoms with Crippen LogP contribution in [-0.2, 0) is 38.0 Å². The summed E-state index contributed by atoms with van der Waals surface area (Å²) in [5.41, 5.74) is -3.36. The van der Waals surface area contributed by atoms with E-state index in [2.05, 4.69) is 0 Å². The fourth-order valence-electron chi connectivity index (χ4n) is 7.67. The number of aliphatic hydroxyl groups is 4. The fourth-order valence-corrected chi connectivity index (χ4v) is 8.61. The smallest absolute Gasteiger partial charge is 0.338 e. The minimum absolute atomic E-state index is 0.0192. The van der Waals surface area contributed by atoms with Crippen LogP contribution in [0.25, 0.3) is 0 Å². The van der Waals surface area contributed by atoms with E-state index in [-0.39, 0.29) is 24.3 Å². The predicted octanol–water partition coefficient (Wildman–Crippen LogP) is 0.0557. The molecule has 3 saturated carbocycles. The van der Waals surface area contributed by atoms with Crippen molar-refractivity contribution in [2.24, 2.45) is 11.3 Å². The van der Waals surface area contributed by atoms with E-state index in [1.807, 2.05) is 0 Å². The summed E-state index contributed by atoms with van der Waals surface area (Å²) in [7, 11) is -4.23. The van der Waals surface area contributed by atoms with Crippen LogP contribution < -0.4 is 0 Å². The third kappa shape index (κ3) is 4.02. The molecule has 3 aliphatic carbocycles. The summed E-state index contributed by atoms with van der Waals surface area (Å²) in [5, 5.41) is 43.6. The highest BCUT2D eigenvalue weighted by molar-refractivity contribution is 7.86. The second kappa shape index (κ2) is 9.75. The maximum Gasteiger partial charge on any atom is 0.338 e. The lowest BCUT2D eigenvalue weighted by atomic mass is 9.41. The first-order chi connectivity index (χ1) is 20.4. The summed E-state index contributed by atoms with van der Waals surface area (Å²) in [6, 6.07) is 15.7. The zero-order valence-corrected chi connectivity index (χ0v) is 23.8. The highest BCUT2D eigenvalue weighted by Gasteiger charge is 2.94. The van der Waals surface area contributed by atoms with Crippen molar-refractivity contribution in [3.05, 3.63) is 66.2 Å². The van der Waals surface area contributed by atoms with Gasteiger partial charge in [0.2, 0.25) is 0 Å². The molecule has 232 valence electrons. The van der Waals surface area contributed by atoms with E-state index >= 15 is 0 Å². The molecule has 2 aromatic rings. The molecular weight excluding hydrogens is 588 g/mol. The van der Waals surface area contributed by atoms with Gasteiger partial charge in [0, 0.05) is 12.3 Å². The summed E-state index contributed by atoms with van der Waals surface area (Å²) in [6.07, 6.45) is -9.04. The minimum atomic E-state index is -4.23. The van der Waals surface area contributed by atoms with E-state index in [9.17, 15) is 33.6 Å². The average Bonchev–Trinajstić information content (AvgIpc) is 3.18. The first-order valence-electron chi connectivity index (χ1n) is 14.0. The van der Waals surface area contributed by atoms with Crippen LogP contribution in [0.4, 0.5) is 0 Å². The highest BCUT2D eigenvalue weighted by atomic mass is 32.2. The predicted molar refractivity (Wildman–Crippen MR) is 141 cm³/mol. The van der Waals surface area contributed by atoms with Crippen molar-refractivity contribution in [3.63, 3.8) is 0 Å². The van der Waals surface area contributed by atoms with Crippen molar-refractivity contribution in [1.29, 1.82) is 0 Å². The molecule has 4 aliphatic heterocycles. The molecule has 0 spiro atoms. The number of aliphatic hydroxyl groups excluding tert-OH is 3. The van der Waals surface area contributed by atoms with Crippen molar-refractivity contribution >= 4 is 16.1 Å². The molecule has 0 amide bonds. The van der Waals surface area contributed by atoms with E-state index in [1.54, 1.807) is 43.3 Å². The lowest BCUT2D eigenvalue weighted by Crippen LogP contribution is -2.80. The maximum absolute atomic E-state index is 12.9. The molecule has 13 nitrogen and oxygen atoms in total. The van der Waals surface area contributed by atoms with Crippen LogP contribution in [0.3, 0.4) is 0 Å². The number of esters is 1. The summed E-state index contributed by atoms with van der Waals surface area (Å²) < 4.78 is 60.7. The van der Waals surface area contributed by atoms with Gasteiger partial charge in [-0.1, -0.05) is 36.4 Å². The molecule has 0 aromatic heterocycles. The van der Waals surface area contributed by atoms with Crippen molar-refractivity contribution < 1.29 is 61.5 Å². The van der Waals surface area contributed by atoms with Gasteiger partial charge in [-0.25, -0.2) is 4.79 Å². The zero-order chi connectivity index (χ0) is 30.4. The summed E-state index contributed by atoms with van der Waals surface area (Å²) in [6.45, 7) is 0.789. The van der Waals surface area contributed by atoms with Crippen LogP contribution in [0.2, 0.25) is 0 Å². The van der Waals surface area contributed by atoms with Crippen LogP contribution in [0.15, 0.2) is 65.6 Å². The third-order valence-corrected chi connectivity index (χ3v) is 11.1. The number of ether oxygens (including phenoxy) is 5. The van der Waals surface area contributed by atoms with Gasteiger partial charge in [0.15, 0.2) is 18.4 Å². The standard InChI is InChI=1S/C29H32O13S/c1-26-14-28(34)19-12-29(26,27(19,25(41-26)42-28)15-37-23(33)16-8-4-2-5-9-16)40-24-22(32)21(31)20(30)18(39-24)13-38-43(35,36)17-10-6-3-7-11-17/h2-11,18-22,24-25,30-32,34H,12-15H2,1H3/t18?,19?,20-,21+,22?,24?,25?,26+,27-,28-,29-/m1/s1. The zero-order valence-electron chi connectivity index (χ0n) is 23.0. The Morgan fingerprint density at radius 1 is 0.977 bits per heavy atom. The molecular formula is C29H32O13S. The van der Waals surface area contributed by atoms with Crippen molar-refractivity contribution in [1.82, 2.24) is 0 Å². The fraction of sp³-hybridized carbons (Fsp3) is 0.552. The van der Waals surface area contributed by atoms with Crippen LogP contribution in [0.5, 0.6) is 0 Å². The molecule has 4 saturated heterocycles. The number of benzene rings is 2. The summed E-state index contributed by atoms with van der Waals surface area (Å²) in [4.78, 5) is 12.8.